The Kier molecular flexibility index (Phi) is 5.45. The van der Waals surface area contributed by atoms with Gasteiger partial charge in [-0.2, -0.15) is 0 Å². The van der Waals surface area contributed by atoms with Gasteiger partial charge in [-0.15, -0.1) is 0 Å². The molecule has 2 rings (SSSR count). The van der Waals surface area contributed by atoms with E-state index >= 15 is 0 Å². The summed E-state index contributed by atoms with van der Waals surface area (Å²) in [4.78, 5) is 9.44. The van der Waals surface area contributed by atoms with Crippen LogP contribution in [0.3, 0.4) is 0 Å². The van der Waals surface area contributed by atoms with Crippen molar-refractivity contribution in [2.45, 2.75) is 13.3 Å². The van der Waals surface area contributed by atoms with Gasteiger partial charge in [-0.1, -0.05) is 15.9 Å². The van der Waals surface area contributed by atoms with Crippen LogP contribution in [-0.4, -0.2) is 47.9 Å². The maximum absolute atomic E-state index is 4.53. The van der Waals surface area contributed by atoms with Gasteiger partial charge in [0.1, 0.15) is 5.82 Å². The summed E-state index contributed by atoms with van der Waals surface area (Å²) < 4.78 is 1.09. The number of halogens is 2. The summed E-state index contributed by atoms with van der Waals surface area (Å²) in [5.41, 5.74) is 1.25. The summed E-state index contributed by atoms with van der Waals surface area (Å²) in [6.07, 6.45) is 3.12. The molecule has 5 heteroatoms. The monoisotopic (exact) mass is 375 g/mol. The zero-order chi connectivity index (χ0) is 13.0. The average Bonchev–Trinajstić information content (AvgIpc) is 2.59. The Morgan fingerprint density at radius 3 is 2.83 bits per heavy atom. The number of nitrogens with zero attached hydrogens (tertiary/aromatic N) is 3. The minimum atomic E-state index is 1.06. The summed E-state index contributed by atoms with van der Waals surface area (Å²) in [5.74, 6) is 1.11. The van der Waals surface area contributed by atoms with E-state index in [1.54, 1.807) is 0 Å². The lowest BCUT2D eigenvalue weighted by Crippen LogP contribution is -2.32. The van der Waals surface area contributed by atoms with Crippen LogP contribution in [-0.2, 0) is 0 Å². The number of anilines is 1. The lowest BCUT2D eigenvalue weighted by molar-refractivity contribution is 0.313. The fraction of sp³-hybridized carbons (Fsp3) is 0.615. The fourth-order valence-electron chi connectivity index (χ4n) is 2.24. The van der Waals surface area contributed by atoms with Crippen LogP contribution in [0.4, 0.5) is 5.82 Å². The van der Waals surface area contributed by atoms with Gasteiger partial charge in [0.15, 0.2) is 0 Å². The van der Waals surface area contributed by atoms with Crippen molar-refractivity contribution < 1.29 is 0 Å². The summed E-state index contributed by atoms with van der Waals surface area (Å²) in [7, 11) is 0. The molecule has 1 aliphatic heterocycles. The van der Waals surface area contributed by atoms with Crippen LogP contribution < -0.4 is 4.90 Å². The Hall–Kier alpha value is -0.130. The molecule has 0 atom stereocenters. The highest BCUT2D eigenvalue weighted by molar-refractivity contribution is 9.10. The third-order valence-corrected chi connectivity index (χ3v) is 4.53. The third-order valence-electron chi connectivity index (χ3n) is 3.35. The number of hydrogen-bond donors (Lipinski definition) is 0. The summed E-state index contributed by atoms with van der Waals surface area (Å²) in [6.45, 7) is 7.75. The van der Waals surface area contributed by atoms with Crippen LogP contribution in [0.2, 0.25) is 0 Å². The van der Waals surface area contributed by atoms with E-state index in [4.69, 9.17) is 0 Å². The van der Waals surface area contributed by atoms with Gasteiger partial charge in [0.05, 0.1) is 0 Å². The van der Waals surface area contributed by atoms with Crippen LogP contribution in [0.5, 0.6) is 0 Å². The molecule has 1 aromatic rings. The lowest BCUT2D eigenvalue weighted by Gasteiger charge is -2.22. The van der Waals surface area contributed by atoms with Gasteiger partial charge in [-0.25, -0.2) is 4.98 Å². The topological polar surface area (TPSA) is 19.4 Å². The van der Waals surface area contributed by atoms with Crippen molar-refractivity contribution in [2.75, 3.05) is 43.0 Å². The molecule has 2 heterocycles. The van der Waals surface area contributed by atoms with Crippen LogP contribution in [0.15, 0.2) is 16.7 Å². The zero-order valence-electron chi connectivity index (χ0n) is 10.7. The Morgan fingerprint density at radius 2 is 2.11 bits per heavy atom. The SMILES string of the molecule is Cc1cc(N2CCCN(CCBr)CC2)ncc1Br. The second-order valence-corrected chi connectivity index (χ2v) is 6.31. The highest BCUT2D eigenvalue weighted by atomic mass is 79.9. The van der Waals surface area contributed by atoms with Crippen molar-refractivity contribution in [3.05, 3.63) is 22.3 Å². The Morgan fingerprint density at radius 1 is 1.28 bits per heavy atom. The van der Waals surface area contributed by atoms with E-state index in [-0.39, 0.29) is 0 Å². The van der Waals surface area contributed by atoms with E-state index in [2.05, 4.69) is 59.6 Å². The maximum Gasteiger partial charge on any atom is 0.128 e. The second-order valence-electron chi connectivity index (χ2n) is 4.66. The third kappa shape index (κ3) is 3.68. The molecule has 0 unspecified atom stereocenters. The highest BCUT2D eigenvalue weighted by Gasteiger charge is 2.15. The van der Waals surface area contributed by atoms with Gasteiger partial charge in [0, 0.05) is 42.2 Å². The highest BCUT2D eigenvalue weighted by Crippen LogP contribution is 2.21. The van der Waals surface area contributed by atoms with Gasteiger partial charge < -0.3 is 9.80 Å². The number of alkyl halides is 1. The molecule has 0 aliphatic carbocycles. The van der Waals surface area contributed by atoms with E-state index in [0.29, 0.717) is 0 Å². The molecule has 0 aromatic carbocycles. The lowest BCUT2D eigenvalue weighted by atomic mass is 10.3. The first-order chi connectivity index (χ1) is 8.70. The van der Waals surface area contributed by atoms with Gasteiger partial charge in [0.25, 0.3) is 0 Å². The zero-order valence-corrected chi connectivity index (χ0v) is 13.9. The second kappa shape index (κ2) is 6.87. The largest absolute Gasteiger partial charge is 0.355 e. The fourth-order valence-corrected chi connectivity index (χ4v) is 2.96. The molecule has 100 valence electrons. The van der Waals surface area contributed by atoms with Crippen LogP contribution in [0.1, 0.15) is 12.0 Å². The summed E-state index contributed by atoms with van der Waals surface area (Å²) in [6, 6.07) is 2.17. The van der Waals surface area contributed by atoms with Gasteiger partial charge in [0.2, 0.25) is 0 Å². The van der Waals surface area contributed by atoms with Crippen LogP contribution in [0, 0.1) is 6.92 Å². The molecule has 1 aliphatic rings. The van der Waals surface area contributed by atoms with Crippen molar-refractivity contribution in [1.82, 2.24) is 9.88 Å². The number of aryl methyl sites for hydroxylation is 1. The molecule has 0 radical (unpaired) electrons. The molecule has 0 N–H and O–H groups in total. The molecule has 18 heavy (non-hydrogen) atoms. The molecular weight excluding hydrogens is 358 g/mol. The van der Waals surface area contributed by atoms with E-state index in [1.807, 2.05) is 6.20 Å². The van der Waals surface area contributed by atoms with Gasteiger partial charge in [-0.3, -0.25) is 0 Å². The Labute approximate surface area is 126 Å². The van der Waals surface area contributed by atoms with Crippen molar-refractivity contribution in [1.29, 1.82) is 0 Å². The molecular formula is C13H19Br2N3. The van der Waals surface area contributed by atoms with Crippen molar-refractivity contribution in [2.24, 2.45) is 0 Å². The minimum Gasteiger partial charge on any atom is -0.355 e. The summed E-state index contributed by atoms with van der Waals surface area (Å²) in [5, 5.41) is 1.06. The van der Waals surface area contributed by atoms with Crippen molar-refractivity contribution in [3.8, 4) is 0 Å². The van der Waals surface area contributed by atoms with Gasteiger partial charge in [-0.05, 0) is 47.4 Å². The summed E-state index contributed by atoms with van der Waals surface area (Å²) >= 11 is 7.02. The average molecular weight is 377 g/mol. The molecule has 0 amide bonds. The quantitative estimate of drug-likeness (QED) is 0.755. The smallest absolute Gasteiger partial charge is 0.128 e. The number of aromatic nitrogens is 1. The standard InChI is InChI=1S/C13H19Br2N3/c1-11-9-13(16-10-12(11)15)18-5-2-4-17(6-3-14)7-8-18/h9-10H,2-8H2,1H3. The molecule has 0 saturated carbocycles. The molecule has 1 saturated heterocycles. The predicted molar refractivity (Wildman–Crippen MR) is 83.7 cm³/mol. The predicted octanol–water partition coefficient (Wildman–Crippen LogP) is 3.06. The van der Waals surface area contributed by atoms with E-state index in [1.165, 1.54) is 18.5 Å². The van der Waals surface area contributed by atoms with Crippen LogP contribution in [0.25, 0.3) is 0 Å². The Bertz CT molecular complexity index is 398. The molecule has 1 aromatic heterocycles. The molecule has 0 bridgehead atoms. The number of pyridine rings is 1. The molecule has 1 fully saturated rings. The number of rotatable bonds is 3. The normalized spacial score (nSPS) is 17.8. The first kappa shape index (κ1) is 14.3. The van der Waals surface area contributed by atoms with E-state index < -0.39 is 0 Å². The maximum atomic E-state index is 4.53. The first-order valence-corrected chi connectivity index (χ1v) is 8.27. The van der Waals surface area contributed by atoms with E-state index in [0.717, 1.165) is 41.8 Å². The molecule has 0 spiro atoms. The van der Waals surface area contributed by atoms with Gasteiger partial charge >= 0.3 is 0 Å². The van der Waals surface area contributed by atoms with Crippen molar-refractivity contribution >= 4 is 37.7 Å². The van der Waals surface area contributed by atoms with E-state index in [9.17, 15) is 0 Å². The molecule has 3 nitrogen and oxygen atoms in total. The Balaban J connectivity index is 2.02. The number of hydrogen-bond acceptors (Lipinski definition) is 3. The minimum absolute atomic E-state index is 1.06. The van der Waals surface area contributed by atoms with Crippen LogP contribution >= 0.6 is 31.9 Å². The first-order valence-electron chi connectivity index (χ1n) is 6.36. The van der Waals surface area contributed by atoms with Crippen molar-refractivity contribution in [3.63, 3.8) is 0 Å².